The summed E-state index contributed by atoms with van der Waals surface area (Å²) in [5.41, 5.74) is 4.06. The average Bonchev–Trinajstić information content (AvgIpc) is 3.38. The molecule has 0 saturated heterocycles. The number of benzene rings is 2. The van der Waals surface area contributed by atoms with Gasteiger partial charge < -0.3 is 24.5 Å². The number of rotatable bonds is 16. The van der Waals surface area contributed by atoms with Crippen LogP contribution >= 0.6 is 11.8 Å². The van der Waals surface area contributed by atoms with E-state index in [1.54, 1.807) is 17.8 Å². The van der Waals surface area contributed by atoms with Crippen LogP contribution in [0, 0.1) is 6.92 Å². The quantitative estimate of drug-likeness (QED) is 0.199. The van der Waals surface area contributed by atoms with Crippen molar-refractivity contribution in [1.82, 2.24) is 10.2 Å². The first-order valence-electron chi connectivity index (χ1n) is 13.8. The minimum atomic E-state index is -1.03. The van der Waals surface area contributed by atoms with E-state index in [-0.39, 0.29) is 6.10 Å². The number of carboxylic acid groups (broad SMARTS) is 1. The number of unbranched alkanes of at least 4 members (excludes halogenated alkanes) is 1. The second kappa shape index (κ2) is 15.6. The highest BCUT2D eigenvalue weighted by Crippen LogP contribution is 2.31. The number of aliphatic carboxylic acids is 1. The number of hydrogen-bond acceptors (Lipinski definition) is 6. The van der Waals surface area contributed by atoms with Crippen molar-refractivity contribution in [3.63, 3.8) is 0 Å². The largest absolute Gasteiger partial charge is 0.480 e. The Morgan fingerprint density at radius 3 is 2.52 bits per heavy atom. The van der Waals surface area contributed by atoms with Gasteiger partial charge in [-0.25, -0.2) is 4.79 Å². The summed E-state index contributed by atoms with van der Waals surface area (Å²) < 4.78 is 12.5. The van der Waals surface area contributed by atoms with E-state index in [4.69, 9.17) is 9.15 Å². The molecule has 1 heterocycles. The summed E-state index contributed by atoms with van der Waals surface area (Å²) in [7, 11) is 4.02. The fraction of sp³-hybridized carbons (Fsp3) is 0.438. The second-order valence-electron chi connectivity index (χ2n) is 10.3. The van der Waals surface area contributed by atoms with Crippen molar-refractivity contribution in [3.05, 3.63) is 82.8 Å². The Balaban J connectivity index is 1.88. The molecule has 0 fully saturated rings. The SMILES string of the molecule is CCCC[C@@H](OCc1ccc(C(=O)N[C@@H](CCSC)C(=O)O)c(-c2ccccc2C)c1)c1ccc(CN(C)C)o1. The van der Waals surface area contributed by atoms with Crippen LogP contribution in [0.5, 0.6) is 0 Å². The molecule has 0 saturated carbocycles. The molecule has 0 aliphatic heterocycles. The molecule has 0 radical (unpaired) electrons. The summed E-state index contributed by atoms with van der Waals surface area (Å²) in [6.07, 6.45) is 5.02. The lowest BCUT2D eigenvalue weighted by Crippen LogP contribution is -2.41. The number of carbonyl (C=O) groups excluding carboxylic acids is 1. The van der Waals surface area contributed by atoms with Crippen molar-refractivity contribution in [2.45, 2.75) is 64.8 Å². The zero-order chi connectivity index (χ0) is 29.1. The number of hydrogen-bond donors (Lipinski definition) is 2. The molecule has 3 rings (SSSR count). The number of aryl methyl sites for hydroxylation is 1. The van der Waals surface area contributed by atoms with E-state index in [1.165, 1.54) is 0 Å². The fourth-order valence-electron chi connectivity index (χ4n) is 4.56. The molecule has 2 N–H and O–H groups in total. The molecule has 0 aliphatic rings. The van der Waals surface area contributed by atoms with E-state index in [1.807, 2.05) is 75.8 Å². The lowest BCUT2D eigenvalue weighted by atomic mass is 9.93. The first kappa shape index (κ1) is 31.5. The van der Waals surface area contributed by atoms with Crippen LogP contribution in [-0.2, 0) is 22.7 Å². The highest BCUT2D eigenvalue weighted by Gasteiger charge is 2.23. The Hall–Kier alpha value is -3.07. The number of carboxylic acids is 1. The van der Waals surface area contributed by atoms with Crippen LogP contribution < -0.4 is 5.32 Å². The molecular formula is C32H42N2O5S. The van der Waals surface area contributed by atoms with Crippen LogP contribution in [0.25, 0.3) is 11.1 Å². The lowest BCUT2D eigenvalue weighted by molar-refractivity contribution is -0.139. The number of thioether (sulfide) groups is 1. The number of amides is 1. The maximum Gasteiger partial charge on any atom is 0.326 e. The van der Waals surface area contributed by atoms with E-state index < -0.39 is 17.9 Å². The van der Waals surface area contributed by atoms with Gasteiger partial charge in [-0.2, -0.15) is 11.8 Å². The fourth-order valence-corrected chi connectivity index (χ4v) is 5.04. The maximum absolute atomic E-state index is 13.4. The number of nitrogens with zero attached hydrogens (tertiary/aromatic N) is 1. The number of carbonyl (C=O) groups is 2. The third-order valence-corrected chi connectivity index (χ3v) is 7.36. The van der Waals surface area contributed by atoms with E-state index in [2.05, 4.69) is 17.1 Å². The molecule has 1 amide bonds. The van der Waals surface area contributed by atoms with E-state index in [0.29, 0.717) is 24.3 Å². The minimum absolute atomic E-state index is 0.173. The molecule has 7 nitrogen and oxygen atoms in total. The zero-order valence-electron chi connectivity index (χ0n) is 24.2. The zero-order valence-corrected chi connectivity index (χ0v) is 25.1. The van der Waals surface area contributed by atoms with E-state index in [0.717, 1.165) is 59.6 Å². The molecule has 1 aromatic heterocycles. The van der Waals surface area contributed by atoms with Gasteiger partial charge in [-0.1, -0.05) is 50.1 Å². The van der Waals surface area contributed by atoms with E-state index in [9.17, 15) is 14.7 Å². The van der Waals surface area contributed by atoms with Crippen LogP contribution in [-0.4, -0.2) is 54.0 Å². The van der Waals surface area contributed by atoms with Crippen molar-refractivity contribution in [2.24, 2.45) is 0 Å². The monoisotopic (exact) mass is 566 g/mol. The Labute approximate surface area is 242 Å². The number of nitrogens with one attached hydrogen (secondary N) is 1. The molecule has 40 heavy (non-hydrogen) atoms. The maximum atomic E-state index is 13.4. The molecule has 216 valence electrons. The lowest BCUT2D eigenvalue weighted by Gasteiger charge is -2.19. The normalized spacial score (nSPS) is 12.8. The Morgan fingerprint density at radius 2 is 1.85 bits per heavy atom. The summed E-state index contributed by atoms with van der Waals surface area (Å²) in [5.74, 6) is 0.938. The van der Waals surface area contributed by atoms with Gasteiger partial charge in [0, 0.05) is 5.56 Å². The molecule has 2 aromatic carbocycles. The molecule has 8 heteroatoms. The molecule has 0 unspecified atom stereocenters. The van der Waals surface area contributed by atoms with Crippen molar-refractivity contribution in [1.29, 1.82) is 0 Å². The standard InChI is InChI=1S/C32H42N2O5S/c1-6-7-12-29(30-16-14-24(39-30)20-34(3)4)38-21-23-13-15-26(27(19-23)25-11-9-8-10-22(25)2)31(35)33-28(32(36)37)17-18-40-5/h8-11,13-16,19,28-29H,6-7,12,17-18,20-21H2,1-5H3,(H,33,35)(H,36,37)/t28-,29+/m0/s1. The molecule has 0 bridgehead atoms. The smallest absolute Gasteiger partial charge is 0.326 e. The summed E-state index contributed by atoms with van der Waals surface area (Å²) in [4.78, 5) is 27.2. The minimum Gasteiger partial charge on any atom is -0.480 e. The molecule has 0 aliphatic carbocycles. The predicted molar refractivity (Wildman–Crippen MR) is 162 cm³/mol. The number of ether oxygens (including phenoxy) is 1. The Kier molecular flexibility index (Phi) is 12.3. The molecule has 3 aromatic rings. The molecule has 2 atom stereocenters. The Morgan fingerprint density at radius 1 is 1.07 bits per heavy atom. The summed E-state index contributed by atoms with van der Waals surface area (Å²) >= 11 is 1.55. The molecular weight excluding hydrogens is 524 g/mol. The number of furan rings is 1. The molecule has 0 spiro atoms. The average molecular weight is 567 g/mol. The van der Waals surface area contributed by atoms with Gasteiger partial charge in [0.15, 0.2) is 0 Å². The van der Waals surface area contributed by atoms with Gasteiger partial charge in [-0.15, -0.1) is 0 Å². The Bertz CT molecular complexity index is 1260. The van der Waals surface area contributed by atoms with Gasteiger partial charge in [0.25, 0.3) is 5.91 Å². The third-order valence-electron chi connectivity index (χ3n) is 6.72. The topological polar surface area (TPSA) is 92.0 Å². The summed E-state index contributed by atoms with van der Waals surface area (Å²) in [5, 5.41) is 12.4. The van der Waals surface area contributed by atoms with Crippen molar-refractivity contribution in [2.75, 3.05) is 26.1 Å². The van der Waals surface area contributed by atoms with Gasteiger partial charge in [0.05, 0.1) is 13.2 Å². The first-order valence-corrected chi connectivity index (χ1v) is 15.2. The summed E-state index contributed by atoms with van der Waals surface area (Å²) in [6.45, 7) is 5.24. The van der Waals surface area contributed by atoms with Crippen LogP contribution in [0.4, 0.5) is 0 Å². The van der Waals surface area contributed by atoms with Gasteiger partial charge in [-0.05, 0) is 92.4 Å². The van der Waals surface area contributed by atoms with Gasteiger partial charge in [-0.3, -0.25) is 4.79 Å². The van der Waals surface area contributed by atoms with Gasteiger partial charge in [0.2, 0.25) is 0 Å². The van der Waals surface area contributed by atoms with Crippen molar-refractivity contribution in [3.8, 4) is 11.1 Å². The predicted octanol–water partition coefficient (Wildman–Crippen LogP) is 6.70. The first-order chi connectivity index (χ1) is 19.2. The van der Waals surface area contributed by atoms with Crippen LogP contribution in [0.15, 0.2) is 59.0 Å². The highest BCUT2D eigenvalue weighted by atomic mass is 32.2. The van der Waals surface area contributed by atoms with Gasteiger partial charge in [0.1, 0.15) is 23.7 Å². The summed E-state index contributed by atoms with van der Waals surface area (Å²) in [6, 6.07) is 16.6. The van der Waals surface area contributed by atoms with Crippen molar-refractivity contribution < 1.29 is 23.8 Å². The van der Waals surface area contributed by atoms with Crippen LogP contribution in [0.2, 0.25) is 0 Å². The van der Waals surface area contributed by atoms with E-state index >= 15 is 0 Å². The highest BCUT2D eigenvalue weighted by molar-refractivity contribution is 7.98. The second-order valence-corrected chi connectivity index (χ2v) is 11.3. The third kappa shape index (κ3) is 8.98. The van der Waals surface area contributed by atoms with Crippen molar-refractivity contribution >= 4 is 23.6 Å². The van der Waals surface area contributed by atoms with Crippen LogP contribution in [0.1, 0.15) is 71.7 Å². The van der Waals surface area contributed by atoms with Gasteiger partial charge >= 0.3 is 5.97 Å². The van der Waals surface area contributed by atoms with Crippen LogP contribution in [0.3, 0.4) is 0 Å².